The fourth-order valence-corrected chi connectivity index (χ4v) is 2.70. The lowest BCUT2D eigenvalue weighted by Crippen LogP contribution is -2.29. The van der Waals surface area contributed by atoms with Crippen molar-refractivity contribution in [3.05, 3.63) is 59.9 Å². The van der Waals surface area contributed by atoms with Gasteiger partial charge in [-0.15, -0.1) is 24.8 Å². The number of halogens is 2. The standard InChI is InChI=1S/C18H18N2O4.2ClH/c21-17(20-8-6-15(11-20)18(22)23)14-4-1-5-16(9-14)24-12-13-3-2-7-19-10-13;;/h1-5,7,9-10,15H,6,8,11-12H2,(H,22,23);2*1H. The SMILES string of the molecule is Cl.Cl.O=C(O)C1CCN(C(=O)c2cccc(OCc3cccnc3)c2)C1. The van der Waals surface area contributed by atoms with E-state index in [1.54, 1.807) is 41.6 Å². The molecule has 0 aliphatic carbocycles. The normalized spacial score (nSPS) is 15.5. The lowest BCUT2D eigenvalue weighted by molar-refractivity contribution is -0.141. The molecular formula is C18H20Cl2N2O4. The van der Waals surface area contributed by atoms with Crippen LogP contribution in [0.1, 0.15) is 22.3 Å². The van der Waals surface area contributed by atoms with Crippen LogP contribution in [0.25, 0.3) is 0 Å². The molecule has 1 aromatic heterocycles. The monoisotopic (exact) mass is 398 g/mol. The van der Waals surface area contributed by atoms with Crippen molar-refractivity contribution in [3.8, 4) is 5.75 Å². The van der Waals surface area contributed by atoms with Crippen LogP contribution in [0.3, 0.4) is 0 Å². The van der Waals surface area contributed by atoms with Gasteiger partial charge >= 0.3 is 5.97 Å². The van der Waals surface area contributed by atoms with Crippen LogP contribution in [0, 0.1) is 5.92 Å². The number of nitrogens with zero attached hydrogens (tertiary/aromatic N) is 2. The van der Waals surface area contributed by atoms with E-state index in [2.05, 4.69) is 4.98 Å². The topological polar surface area (TPSA) is 79.7 Å². The fourth-order valence-electron chi connectivity index (χ4n) is 2.70. The van der Waals surface area contributed by atoms with Gasteiger partial charge in [0.25, 0.3) is 5.91 Å². The van der Waals surface area contributed by atoms with Gasteiger partial charge in [0.05, 0.1) is 5.92 Å². The molecule has 1 saturated heterocycles. The number of pyridine rings is 1. The summed E-state index contributed by atoms with van der Waals surface area (Å²) in [6.07, 6.45) is 3.92. The van der Waals surface area contributed by atoms with Crippen LogP contribution in [0.2, 0.25) is 0 Å². The molecular weight excluding hydrogens is 379 g/mol. The molecule has 1 fully saturated rings. The molecule has 3 rings (SSSR count). The Kier molecular flexibility index (Phi) is 8.35. The lowest BCUT2D eigenvalue weighted by Gasteiger charge is -2.16. The van der Waals surface area contributed by atoms with Gasteiger partial charge in [-0.25, -0.2) is 0 Å². The summed E-state index contributed by atoms with van der Waals surface area (Å²) in [5.74, 6) is -0.887. The maximum atomic E-state index is 12.5. The van der Waals surface area contributed by atoms with Crippen LogP contribution in [-0.2, 0) is 11.4 Å². The first-order valence-corrected chi connectivity index (χ1v) is 7.77. The van der Waals surface area contributed by atoms with E-state index in [1.165, 1.54) is 0 Å². The second kappa shape index (κ2) is 9.99. The molecule has 1 aliphatic rings. The minimum atomic E-state index is -0.848. The molecule has 1 atom stereocenters. The van der Waals surface area contributed by atoms with Crippen LogP contribution in [-0.4, -0.2) is 40.0 Å². The molecule has 2 heterocycles. The number of carboxylic acid groups (broad SMARTS) is 1. The first kappa shape index (κ1) is 21.7. The number of rotatable bonds is 5. The summed E-state index contributed by atoms with van der Waals surface area (Å²) in [5.41, 5.74) is 1.45. The van der Waals surface area contributed by atoms with Crippen molar-refractivity contribution in [1.29, 1.82) is 0 Å². The number of aromatic nitrogens is 1. The van der Waals surface area contributed by atoms with Crippen LogP contribution >= 0.6 is 24.8 Å². The number of ether oxygens (including phenoxy) is 1. The Morgan fingerprint density at radius 1 is 1.23 bits per heavy atom. The van der Waals surface area contributed by atoms with Gasteiger partial charge in [-0.3, -0.25) is 14.6 Å². The number of hydrogen-bond donors (Lipinski definition) is 1. The first-order valence-electron chi connectivity index (χ1n) is 7.77. The molecule has 0 spiro atoms. The summed E-state index contributed by atoms with van der Waals surface area (Å²) < 4.78 is 5.70. The Labute approximate surface area is 164 Å². The van der Waals surface area contributed by atoms with Crippen molar-refractivity contribution in [2.24, 2.45) is 5.92 Å². The zero-order valence-corrected chi connectivity index (χ0v) is 15.5. The van der Waals surface area contributed by atoms with Gasteiger partial charge in [0.2, 0.25) is 0 Å². The van der Waals surface area contributed by atoms with Crippen molar-refractivity contribution in [2.75, 3.05) is 13.1 Å². The highest BCUT2D eigenvalue weighted by Gasteiger charge is 2.31. The van der Waals surface area contributed by atoms with E-state index in [4.69, 9.17) is 9.84 Å². The van der Waals surface area contributed by atoms with Gasteiger partial charge in [0.15, 0.2) is 0 Å². The highest BCUT2D eigenvalue weighted by Crippen LogP contribution is 2.21. The predicted octanol–water partition coefficient (Wildman–Crippen LogP) is 3.05. The highest BCUT2D eigenvalue weighted by atomic mass is 35.5. The molecule has 1 amide bonds. The third-order valence-electron chi connectivity index (χ3n) is 4.03. The quantitative estimate of drug-likeness (QED) is 0.836. The van der Waals surface area contributed by atoms with Crippen molar-refractivity contribution in [3.63, 3.8) is 0 Å². The lowest BCUT2D eigenvalue weighted by atomic mass is 10.1. The van der Waals surface area contributed by atoms with Gasteiger partial charge in [0, 0.05) is 36.6 Å². The summed E-state index contributed by atoms with van der Waals surface area (Å²) in [6.45, 7) is 1.10. The molecule has 6 nitrogen and oxygen atoms in total. The Morgan fingerprint density at radius 2 is 2.04 bits per heavy atom. The van der Waals surface area contributed by atoms with Gasteiger partial charge in [-0.05, 0) is 30.7 Å². The van der Waals surface area contributed by atoms with E-state index in [0.29, 0.717) is 30.9 Å². The average molecular weight is 399 g/mol. The van der Waals surface area contributed by atoms with Crippen molar-refractivity contribution in [2.45, 2.75) is 13.0 Å². The van der Waals surface area contributed by atoms with E-state index >= 15 is 0 Å². The Morgan fingerprint density at radius 3 is 2.69 bits per heavy atom. The van der Waals surface area contributed by atoms with E-state index in [1.807, 2.05) is 12.1 Å². The van der Waals surface area contributed by atoms with Crippen molar-refractivity contribution >= 4 is 36.7 Å². The molecule has 8 heteroatoms. The van der Waals surface area contributed by atoms with E-state index < -0.39 is 11.9 Å². The van der Waals surface area contributed by atoms with E-state index in [9.17, 15) is 9.59 Å². The Balaban J connectivity index is 0.00000169. The van der Waals surface area contributed by atoms with Gasteiger partial charge in [-0.1, -0.05) is 12.1 Å². The number of amides is 1. The maximum absolute atomic E-state index is 12.5. The zero-order chi connectivity index (χ0) is 16.9. The van der Waals surface area contributed by atoms with E-state index in [-0.39, 0.29) is 37.3 Å². The van der Waals surface area contributed by atoms with Gasteiger partial charge in [-0.2, -0.15) is 0 Å². The van der Waals surface area contributed by atoms with Crippen LogP contribution in [0.5, 0.6) is 5.75 Å². The fraction of sp³-hybridized carbons (Fsp3) is 0.278. The first-order chi connectivity index (χ1) is 11.6. The highest BCUT2D eigenvalue weighted by molar-refractivity contribution is 5.95. The molecule has 2 aromatic rings. The molecule has 1 unspecified atom stereocenters. The minimum absolute atomic E-state index is 0. The second-order valence-corrected chi connectivity index (χ2v) is 5.75. The van der Waals surface area contributed by atoms with Crippen LogP contribution in [0.4, 0.5) is 0 Å². The maximum Gasteiger partial charge on any atom is 0.308 e. The number of carbonyl (C=O) groups is 2. The van der Waals surface area contributed by atoms with Crippen molar-refractivity contribution in [1.82, 2.24) is 9.88 Å². The summed E-state index contributed by atoms with van der Waals surface area (Å²) in [7, 11) is 0. The molecule has 1 aromatic carbocycles. The smallest absolute Gasteiger partial charge is 0.308 e. The Bertz CT molecular complexity index is 743. The zero-order valence-electron chi connectivity index (χ0n) is 13.9. The van der Waals surface area contributed by atoms with Gasteiger partial charge < -0.3 is 14.7 Å². The van der Waals surface area contributed by atoms with Crippen LogP contribution in [0.15, 0.2) is 48.8 Å². The summed E-state index contributed by atoms with van der Waals surface area (Å²) in [4.78, 5) is 29.1. The molecule has 26 heavy (non-hydrogen) atoms. The summed E-state index contributed by atoms with van der Waals surface area (Å²) in [6, 6.07) is 10.7. The number of likely N-dealkylation sites (tertiary alicyclic amines) is 1. The molecule has 0 radical (unpaired) electrons. The number of aliphatic carboxylic acids is 1. The minimum Gasteiger partial charge on any atom is -0.489 e. The molecule has 140 valence electrons. The molecule has 0 bridgehead atoms. The molecule has 0 saturated carbocycles. The second-order valence-electron chi connectivity index (χ2n) is 5.75. The third kappa shape index (κ3) is 5.34. The number of hydrogen-bond acceptors (Lipinski definition) is 4. The number of carbonyl (C=O) groups excluding carboxylic acids is 1. The molecule has 1 N–H and O–H groups in total. The number of carboxylic acids is 1. The van der Waals surface area contributed by atoms with E-state index in [0.717, 1.165) is 5.56 Å². The summed E-state index contributed by atoms with van der Waals surface area (Å²) >= 11 is 0. The Hall–Kier alpha value is -2.31. The van der Waals surface area contributed by atoms with Crippen LogP contribution < -0.4 is 4.74 Å². The average Bonchev–Trinajstić information content (AvgIpc) is 3.11. The third-order valence-corrected chi connectivity index (χ3v) is 4.03. The van der Waals surface area contributed by atoms with Gasteiger partial charge in [0.1, 0.15) is 12.4 Å². The predicted molar refractivity (Wildman–Crippen MR) is 101 cm³/mol. The summed E-state index contributed by atoms with van der Waals surface area (Å²) in [5, 5.41) is 9.04. The van der Waals surface area contributed by atoms with Crippen molar-refractivity contribution < 1.29 is 19.4 Å². The molecule has 1 aliphatic heterocycles. The largest absolute Gasteiger partial charge is 0.489 e. The number of benzene rings is 1.